The van der Waals surface area contributed by atoms with Gasteiger partial charge in [-0.05, 0) is 42.3 Å². The Morgan fingerprint density at radius 2 is 2.10 bits per heavy atom. The second-order valence-electron chi connectivity index (χ2n) is 4.52. The smallest absolute Gasteiger partial charge is 0.251 e. The molecule has 0 unspecified atom stereocenters. The predicted molar refractivity (Wildman–Crippen MR) is 88.2 cm³/mol. The number of hydrogen-bond donors (Lipinski definition) is 1. The van der Waals surface area contributed by atoms with Crippen LogP contribution in [-0.2, 0) is 6.42 Å². The number of benzene rings is 2. The quantitative estimate of drug-likeness (QED) is 0.863. The number of methoxy groups -OCH3 is 1. The summed E-state index contributed by atoms with van der Waals surface area (Å²) in [5, 5.41) is 3.41. The van der Waals surface area contributed by atoms with E-state index in [0.29, 0.717) is 17.1 Å². The molecule has 1 amide bonds. The third-order valence-corrected chi connectivity index (χ3v) is 3.63. The van der Waals surface area contributed by atoms with Gasteiger partial charge in [-0.1, -0.05) is 39.7 Å². The molecular formula is C16H15BrClNO2. The van der Waals surface area contributed by atoms with E-state index in [-0.39, 0.29) is 5.91 Å². The number of halogens is 2. The fraction of sp³-hybridized carbons (Fsp3) is 0.188. The zero-order chi connectivity index (χ0) is 15.2. The molecule has 0 spiro atoms. The van der Waals surface area contributed by atoms with Crippen LogP contribution in [0.4, 0.5) is 0 Å². The minimum absolute atomic E-state index is 0.138. The van der Waals surface area contributed by atoms with Crippen molar-refractivity contribution in [1.29, 1.82) is 0 Å². The van der Waals surface area contributed by atoms with Crippen LogP contribution in [0.2, 0.25) is 5.02 Å². The lowest BCUT2D eigenvalue weighted by Crippen LogP contribution is -2.25. The number of ether oxygens (including phenoxy) is 1. The van der Waals surface area contributed by atoms with Crippen LogP contribution < -0.4 is 10.1 Å². The molecule has 0 atom stereocenters. The van der Waals surface area contributed by atoms with E-state index in [2.05, 4.69) is 21.2 Å². The third kappa shape index (κ3) is 4.76. The zero-order valence-electron chi connectivity index (χ0n) is 11.5. The van der Waals surface area contributed by atoms with Crippen LogP contribution in [0.5, 0.6) is 5.75 Å². The third-order valence-electron chi connectivity index (χ3n) is 2.96. The van der Waals surface area contributed by atoms with Gasteiger partial charge in [-0.2, -0.15) is 0 Å². The highest BCUT2D eigenvalue weighted by Crippen LogP contribution is 2.19. The Bertz CT molecular complexity index is 626. The van der Waals surface area contributed by atoms with E-state index in [1.165, 1.54) is 0 Å². The highest BCUT2D eigenvalue weighted by Gasteiger charge is 2.07. The molecule has 2 aromatic carbocycles. The first kappa shape index (κ1) is 15.9. The van der Waals surface area contributed by atoms with Crippen molar-refractivity contribution in [2.75, 3.05) is 13.7 Å². The first-order valence-corrected chi connectivity index (χ1v) is 7.63. The largest absolute Gasteiger partial charge is 0.497 e. The molecule has 2 aromatic rings. The van der Waals surface area contributed by atoms with Crippen LogP contribution in [0.1, 0.15) is 15.9 Å². The standard InChI is InChI=1S/C16H15BrClNO2/c1-21-15-4-2-3-11(7-15)5-6-19-16(20)12-8-13(17)10-14(18)9-12/h2-4,7-10H,5-6H2,1H3,(H,19,20). The molecule has 3 nitrogen and oxygen atoms in total. The Hall–Kier alpha value is -1.52. The topological polar surface area (TPSA) is 38.3 Å². The van der Waals surface area contributed by atoms with Crippen LogP contribution in [0.3, 0.4) is 0 Å². The van der Waals surface area contributed by atoms with E-state index in [4.69, 9.17) is 16.3 Å². The van der Waals surface area contributed by atoms with Gasteiger partial charge in [0.1, 0.15) is 5.75 Å². The van der Waals surface area contributed by atoms with Crippen molar-refractivity contribution in [3.63, 3.8) is 0 Å². The first-order valence-electron chi connectivity index (χ1n) is 6.45. The summed E-state index contributed by atoms with van der Waals surface area (Å²) in [6.45, 7) is 0.552. The summed E-state index contributed by atoms with van der Waals surface area (Å²) in [6, 6.07) is 12.9. The number of hydrogen-bond acceptors (Lipinski definition) is 2. The van der Waals surface area contributed by atoms with Gasteiger partial charge in [0.05, 0.1) is 7.11 Å². The van der Waals surface area contributed by atoms with Crippen LogP contribution in [0, 0.1) is 0 Å². The number of rotatable bonds is 5. The molecule has 0 aliphatic heterocycles. The Kier molecular flexibility index (Phi) is 5.65. The van der Waals surface area contributed by atoms with E-state index >= 15 is 0 Å². The van der Waals surface area contributed by atoms with Crippen molar-refractivity contribution < 1.29 is 9.53 Å². The lowest BCUT2D eigenvalue weighted by molar-refractivity contribution is 0.0954. The molecule has 0 saturated carbocycles. The van der Waals surface area contributed by atoms with E-state index in [9.17, 15) is 4.79 Å². The molecule has 1 N–H and O–H groups in total. The molecule has 0 radical (unpaired) electrons. The van der Waals surface area contributed by atoms with Crippen molar-refractivity contribution in [1.82, 2.24) is 5.32 Å². The van der Waals surface area contributed by atoms with Crippen LogP contribution in [-0.4, -0.2) is 19.6 Å². The SMILES string of the molecule is COc1cccc(CCNC(=O)c2cc(Cl)cc(Br)c2)c1. The summed E-state index contributed by atoms with van der Waals surface area (Å²) in [7, 11) is 1.64. The first-order chi connectivity index (χ1) is 10.1. The molecule has 0 saturated heterocycles. The number of carbonyl (C=O) groups excluding carboxylic acids is 1. The van der Waals surface area contributed by atoms with E-state index < -0.39 is 0 Å². The number of carbonyl (C=O) groups is 1. The Morgan fingerprint density at radius 1 is 1.29 bits per heavy atom. The number of nitrogens with one attached hydrogen (secondary N) is 1. The second-order valence-corrected chi connectivity index (χ2v) is 5.87. The summed E-state index contributed by atoms with van der Waals surface area (Å²) in [5.74, 6) is 0.679. The maximum atomic E-state index is 12.0. The maximum absolute atomic E-state index is 12.0. The lowest BCUT2D eigenvalue weighted by atomic mass is 10.1. The molecule has 2 rings (SSSR count). The molecule has 110 valence electrons. The number of amides is 1. The van der Waals surface area contributed by atoms with E-state index in [1.807, 2.05) is 24.3 Å². The van der Waals surface area contributed by atoms with Crippen molar-refractivity contribution >= 4 is 33.4 Å². The predicted octanol–water partition coefficient (Wildman–Crippen LogP) is 4.08. The van der Waals surface area contributed by atoms with E-state index in [0.717, 1.165) is 22.2 Å². The monoisotopic (exact) mass is 367 g/mol. The maximum Gasteiger partial charge on any atom is 0.251 e. The molecular weight excluding hydrogens is 354 g/mol. The van der Waals surface area contributed by atoms with E-state index in [1.54, 1.807) is 25.3 Å². The highest BCUT2D eigenvalue weighted by atomic mass is 79.9. The minimum atomic E-state index is -0.138. The van der Waals surface area contributed by atoms with Crippen LogP contribution in [0.25, 0.3) is 0 Å². The Labute approximate surface area is 137 Å². The molecule has 0 aliphatic rings. The van der Waals surface area contributed by atoms with Gasteiger partial charge in [0.25, 0.3) is 5.91 Å². The summed E-state index contributed by atoms with van der Waals surface area (Å²) in [4.78, 5) is 12.0. The summed E-state index contributed by atoms with van der Waals surface area (Å²) in [5.41, 5.74) is 1.65. The normalized spacial score (nSPS) is 10.2. The lowest BCUT2D eigenvalue weighted by Gasteiger charge is -2.07. The molecule has 0 aromatic heterocycles. The molecule has 0 fully saturated rings. The van der Waals surface area contributed by atoms with Gasteiger partial charge in [0.2, 0.25) is 0 Å². The summed E-state index contributed by atoms with van der Waals surface area (Å²) < 4.78 is 5.96. The van der Waals surface area contributed by atoms with Gasteiger partial charge >= 0.3 is 0 Å². The molecule has 0 aliphatic carbocycles. The van der Waals surface area contributed by atoms with Crippen molar-refractivity contribution in [3.05, 3.63) is 63.1 Å². The van der Waals surface area contributed by atoms with Gasteiger partial charge in [-0.25, -0.2) is 0 Å². The Balaban J connectivity index is 1.92. The van der Waals surface area contributed by atoms with Gasteiger partial charge < -0.3 is 10.1 Å². The van der Waals surface area contributed by atoms with Gasteiger partial charge in [0.15, 0.2) is 0 Å². The molecule has 5 heteroatoms. The second kappa shape index (κ2) is 7.48. The highest BCUT2D eigenvalue weighted by molar-refractivity contribution is 9.10. The summed E-state index contributed by atoms with van der Waals surface area (Å²) in [6.07, 6.45) is 0.741. The van der Waals surface area contributed by atoms with Crippen molar-refractivity contribution in [3.8, 4) is 5.75 Å². The molecule has 21 heavy (non-hydrogen) atoms. The van der Waals surface area contributed by atoms with Crippen molar-refractivity contribution in [2.24, 2.45) is 0 Å². The van der Waals surface area contributed by atoms with Crippen LogP contribution >= 0.6 is 27.5 Å². The average Bonchev–Trinajstić information content (AvgIpc) is 2.46. The fourth-order valence-electron chi connectivity index (χ4n) is 1.94. The minimum Gasteiger partial charge on any atom is -0.497 e. The average molecular weight is 369 g/mol. The Morgan fingerprint density at radius 3 is 2.81 bits per heavy atom. The molecule has 0 heterocycles. The fourth-order valence-corrected chi connectivity index (χ4v) is 2.80. The van der Waals surface area contributed by atoms with Crippen molar-refractivity contribution in [2.45, 2.75) is 6.42 Å². The molecule has 0 bridgehead atoms. The van der Waals surface area contributed by atoms with Gasteiger partial charge in [0, 0.05) is 21.6 Å². The van der Waals surface area contributed by atoms with Gasteiger partial charge in [-0.15, -0.1) is 0 Å². The van der Waals surface area contributed by atoms with Gasteiger partial charge in [-0.3, -0.25) is 4.79 Å². The van der Waals surface area contributed by atoms with Crippen LogP contribution in [0.15, 0.2) is 46.9 Å². The zero-order valence-corrected chi connectivity index (χ0v) is 13.9. The summed E-state index contributed by atoms with van der Waals surface area (Å²) >= 11 is 9.26.